The number of aromatic nitrogens is 2. The van der Waals surface area contributed by atoms with Gasteiger partial charge in [-0.3, -0.25) is 0 Å². The van der Waals surface area contributed by atoms with Gasteiger partial charge < -0.3 is 10.0 Å². The van der Waals surface area contributed by atoms with Crippen molar-refractivity contribution in [3.05, 3.63) is 18.0 Å². The molecule has 2 heterocycles. The van der Waals surface area contributed by atoms with Gasteiger partial charge in [0.2, 0.25) is 5.95 Å². The SMILES string of the molecule is CC(C)C1CCN(c2nccc(CO)n2)CC1. The van der Waals surface area contributed by atoms with Gasteiger partial charge in [-0.15, -0.1) is 0 Å². The summed E-state index contributed by atoms with van der Waals surface area (Å²) in [4.78, 5) is 10.9. The van der Waals surface area contributed by atoms with Crippen molar-refractivity contribution in [1.29, 1.82) is 0 Å². The Morgan fingerprint density at radius 2 is 2.12 bits per heavy atom. The van der Waals surface area contributed by atoms with Crippen LogP contribution in [0.2, 0.25) is 0 Å². The van der Waals surface area contributed by atoms with Crippen LogP contribution in [0.3, 0.4) is 0 Å². The van der Waals surface area contributed by atoms with E-state index in [4.69, 9.17) is 5.11 Å². The van der Waals surface area contributed by atoms with E-state index in [9.17, 15) is 0 Å². The third-order valence-electron chi connectivity index (χ3n) is 3.63. The van der Waals surface area contributed by atoms with Crippen molar-refractivity contribution >= 4 is 5.95 Å². The predicted molar refractivity (Wildman–Crippen MR) is 67.7 cm³/mol. The first-order valence-electron chi connectivity index (χ1n) is 6.38. The minimum Gasteiger partial charge on any atom is -0.390 e. The lowest BCUT2D eigenvalue weighted by Crippen LogP contribution is -2.36. The van der Waals surface area contributed by atoms with Gasteiger partial charge in [-0.2, -0.15) is 0 Å². The molecule has 4 nitrogen and oxygen atoms in total. The maximum absolute atomic E-state index is 9.07. The monoisotopic (exact) mass is 235 g/mol. The molecular weight excluding hydrogens is 214 g/mol. The Labute approximate surface area is 103 Å². The van der Waals surface area contributed by atoms with Gasteiger partial charge in [-0.05, 0) is 30.7 Å². The summed E-state index contributed by atoms with van der Waals surface area (Å²) in [6.45, 7) is 6.62. The van der Waals surface area contributed by atoms with E-state index in [-0.39, 0.29) is 6.61 Å². The summed E-state index contributed by atoms with van der Waals surface area (Å²) in [5.41, 5.74) is 0.695. The average molecular weight is 235 g/mol. The van der Waals surface area contributed by atoms with E-state index in [1.165, 1.54) is 12.8 Å². The zero-order chi connectivity index (χ0) is 12.3. The molecule has 0 spiro atoms. The molecule has 94 valence electrons. The van der Waals surface area contributed by atoms with Crippen LogP contribution >= 0.6 is 0 Å². The van der Waals surface area contributed by atoms with Crippen molar-refractivity contribution in [2.45, 2.75) is 33.3 Å². The number of aliphatic hydroxyl groups excluding tert-OH is 1. The van der Waals surface area contributed by atoms with Crippen molar-refractivity contribution in [2.24, 2.45) is 11.8 Å². The van der Waals surface area contributed by atoms with Crippen LogP contribution in [-0.2, 0) is 6.61 Å². The molecule has 1 aromatic heterocycles. The molecule has 2 rings (SSSR count). The number of aliphatic hydroxyl groups is 1. The third-order valence-corrected chi connectivity index (χ3v) is 3.63. The Balaban J connectivity index is 2.00. The Kier molecular flexibility index (Phi) is 3.94. The van der Waals surface area contributed by atoms with Crippen molar-refractivity contribution in [3.8, 4) is 0 Å². The quantitative estimate of drug-likeness (QED) is 0.868. The molecule has 1 aliphatic heterocycles. The van der Waals surface area contributed by atoms with Crippen LogP contribution in [0.25, 0.3) is 0 Å². The molecule has 17 heavy (non-hydrogen) atoms. The molecule has 0 unspecified atom stereocenters. The lowest BCUT2D eigenvalue weighted by molar-refractivity contribution is 0.276. The molecule has 0 aliphatic carbocycles. The fourth-order valence-electron chi connectivity index (χ4n) is 2.39. The van der Waals surface area contributed by atoms with E-state index in [2.05, 4.69) is 28.7 Å². The normalized spacial score (nSPS) is 17.8. The molecule has 0 bridgehead atoms. The molecule has 0 saturated carbocycles. The molecule has 1 saturated heterocycles. The summed E-state index contributed by atoms with van der Waals surface area (Å²) < 4.78 is 0. The first-order valence-corrected chi connectivity index (χ1v) is 6.38. The molecular formula is C13H21N3O. The largest absolute Gasteiger partial charge is 0.390 e. The lowest BCUT2D eigenvalue weighted by atomic mass is 9.87. The highest BCUT2D eigenvalue weighted by atomic mass is 16.3. The third kappa shape index (κ3) is 2.94. The first kappa shape index (κ1) is 12.3. The number of rotatable bonds is 3. The van der Waals surface area contributed by atoms with Crippen LogP contribution in [-0.4, -0.2) is 28.2 Å². The summed E-state index contributed by atoms with van der Waals surface area (Å²) in [7, 11) is 0. The summed E-state index contributed by atoms with van der Waals surface area (Å²) in [5.74, 6) is 2.35. The summed E-state index contributed by atoms with van der Waals surface area (Å²) in [6, 6.07) is 1.75. The van der Waals surface area contributed by atoms with Crippen molar-refractivity contribution in [3.63, 3.8) is 0 Å². The Morgan fingerprint density at radius 3 is 2.71 bits per heavy atom. The fraction of sp³-hybridized carbons (Fsp3) is 0.692. The van der Waals surface area contributed by atoms with E-state index in [0.717, 1.165) is 30.9 Å². The van der Waals surface area contributed by atoms with Gasteiger partial charge in [0.05, 0.1) is 12.3 Å². The Hall–Kier alpha value is -1.16. The van der Waals surface area contributed by atoms with Crippen LogP contribution in [0.15, 0.2) is 12.3 Å². The highest BCUT2D eigenvalue weighted by Gasteiger charge is 2.22. The molecule has 0 atom stereocenters. The standard InChI is InChI=1S/C13H21N3O/c1-10(2)11-4-7-16(8-5-11)13-14-6-3-12(9-17)15-13/h3,6,10-11,17H,4-5,7-9H2,1-2H3. The fourth-order valence-corrected chi connectivity index (χ4v) is 2.39. The second kappa shape index (κ2) is 5.45. The van der Waals surface area contributed by atoms with E-state index < -0.39 is 0 Å². The average Bonchev–Trinajstić information content (AvgIpc) is 2.39. The number of hydrogen-bond acceptors (Lipinski definition) is 4. The summed E-state index contributed by atoms with van der Waals surface area (Å²) in [5, 5.41) is 9.07. The molecule has 0 aromatic carbocycles. The topological polar surface area (TPSA) is 49.2 Å². The van der Waals surface area contributed by atoms with Crippen LogP contribution in [0, 0.1) is 11.8 Å². The molecule has 0 amide bonds. The van der Waals surface area contributed by atoms with E-state index >= 15 is 0 Å². The molecule has 0 radical (unpaired) electrons. The van der Waals surface area contributed by atoms with E-state index in [0.29, 0.717) is 5.69 Å². The van der Waals surface area contributed by atoms with Crippen molar-refractivity contribution in [2.75, 3.05) is 18.0 Å². The molecule has 1 fully saturated rings. The van der Waals surface area contributed by atoms with Gasteiger partial charge in [0.15, 0.2) is 0 Å². The summed E-state index contributed by atoms with van der Waals surface area (Å²) >= 11 is 0. The van der Waals surface area contributed by atoms with Gasteiger partial charge in [0.25, 0.3) is 0 Å². The minimum absolute atomic E-state index is 0.0159. The second-order valence-electron chi connectivity index (χ2n) is 5.07. The maximum Gasteiger partial charge on any atom is 0.225 e. The highest BCUT2D eigenvalue weighted by Crippen LogP contribution is 2.26. The Morgan fingerprint density at radius 1 is 1.41 bits per heavy atom. The Bertz CT molecular complexity index is 359. The van der Waals surface area contributed by atoms with Gasteiger partial charge in [0, 0.05) is 19.3 Å². The molecule has 1 aromatic rings. The van der Waals surface area contributed by atoms with Gasteiger partial charge in [-0.1, -0.05) is 13.8 Å². The van der Waals surface area contributed by atoms with Gasteiger partial charge in [-0.25, -0.2) is 9.97 Å². The van der Waals surface area contributed by atoms with E-state index in [1.807, 2.05) is 0 Å². The number of piperidine rings is 1. The van der Waals surface area contributed by atoms with Gasteiger partial charge in [0.1, 0.15) is 0 Å². The minimum atomic E-state index is -0.0159. The molecule has 4 heteroatoms. The van der Waals surface area contributed by atoms with E-state index in [1.54, 1.807) is 12.3 Å². The first-order chi connectivity index (χ1) is 8.20. The predicted octanol–water partition coefficient (Wildman–Crippen LogP) is 1.84. The van der Waals surface area contributed by atoms with Crippen molar-refractivity contribution < 1.29 is 5.11 Å². The van der Waals surface area contributed by atoms with Crippen LogP contribution in [0.4, 0.5) is 5.95 Å². The van der Waals surface area contributed by atoms with Crippen LogP contribution in [0.1, 0.15) is 32.4 Å². The second-order valence-corrected chi connectivity index (χ2v) is 5.07. The zero-order valence-electron chi connectivity index (χ0n) is 10.6. The van der Waals surface area contributed by atoms with Crippen molar-refractivity contribution in [1.82, 2.24) is 9.97 Å². The molecule has 1 N–H and O–H groups in total. The maximum atomic E-state index is 9.07. The summed E-state index contributed by atoms with van der Waals surface area (Å²) in [6.07, 6.45) is 4.15. The number of hydrogen-bond donors (Lipinski definition) is 1. The number of anilines is 1. The van der Waals surface area contributed by atoms with Crippen LogP contribution < -0.4 is 4.90 Å². The van der Waals surface area contributed by atoms with Crippen LogP contribution in [0.5, 0.6) is 0 Å². The highest BCUT2D eigenvalue weighted by molar-refractivity contribution is 5.30. The zero-order valence-corrected chi connectivity index (χ0v) is 10.6. The molecule has 1 aliphatic rings. The van der Waals surface area contributed by atoms with Gasteiger partial charge >= 0.3 is 0 Å². The lowest BCUT2D eigenvalue weighted by Gasteiger charge is -2.33. The smallest absolute Gasteiger partial charge is 0.225 e. The number of nitrogens with zero attached hydrogens (tertiary/aromatic N) is 3.